The maximum atomic E-state index is 12.5. The number of carbonyl (C=O) groups excluding carboxylic acids is 1. The molecule has 8 heteroatoms. The Labute approximate surface area is 141 Å². The van der Waals surface area contributed by atoms with Crippen molar-refractivity contribution in [3.05, 3.63) is 22.2 Å². The molecule has 124 valence electrons. The summed E-state index contributed by atoms with van der Waals surface area (Å²) < 4.78 is 16.9. The molecule has 1 saturated heterocycles. The molecule has 0 saturated carbocycles. The van der Waals surface area contributed by atoms with Crippen LogP contribution in [0.2, 0.25) is 0 Å². The van der Waals surface area contributed by atoms with Gasteiger partial charge in [-0.2, -0.15) is 0 Å². The molecule has 2 aliphatic heterocycles. The van der Waals surface area contributed by atoms with Gasteiger partial charge in [0.1, 0.15) is 13.2 Å². The molecule has 0 spiro atoms. The van der Waals surface area contributed by atoms with Gasteiger partial charge >= 0.3 is 5.97 Å². The van der Waals surface area contributed by atoms with E-state index in [1.807, 2.05) is 0 Å². The highest BCUT2D eigenvalue weighted by Crippen LogP contribution is 2.35. The summed E-state index contributed by atoms with van der Waals surface area (Å²) in [5, 5.41) is 9.22. The van der Waals surface area contributed by atoms with Crippen LogP contribution in [0.4, 0.5) is 0 Å². The Morgan fingerprint density at radius 3 is 2.61 bits per heavy atom. The van der Waals surface area contributed by atoms with Gasteiger partial charge in [-0.15, -0.1) is 0 Å². The van der Waals surface area contributed by atoms with Gasteiger partial charge in [-0.05, 0) is 17.7 Å². The number of carboxylic acid groups (broad SMARTS) is 1. The molecular formula is C15H16BrNO6. The lowest BCUT2D eigenvalue weighted by Crippen LogP contribution is -2.53. The van der Waals surface area contributed by atoms with Gasteiger partial charge in [-0.25, -0.2) is 4.79 Å². The molecule has 1 fully saturated rings. The monoisotopic (exact) mass is 385 g/mol. The first-order chi connectivity index (χ1) is 11.1. The number of amides is 1. The number of halogens is 1. The lowest BCUT2D eigenvalue weighted by atomic mass is 10.1. The Hall–Kier alpha value is -1.80. The van der Waals surface area contributed by atoms with Crippen LogP contribution in [-0.4, -0.2) is 60.9 Å². The molecule has 0 aromatic heterocycles. The zero-order chi connectivity index (χ0) is 16.4. The van der Waals surface area contributed by atoms with Crippen LogP contribution < -0.4 is 9.47 Å². The highest BCUT2D eigenvalue weighted by Gasteiger charge is 2.33. The van der Waals surface area contributed by atoms with Crippen LogP contribution in [0.1, 0.15) is 5.56 Å². The van der Waals surface area contributed by atoms with Crippen LogP contribution in [0.15, 0.2) is 16.6 Å². The lowest BCUT2D eigenvalue weighted by Gasteiger charge is -2.33. The van der Waals surface area contributed by atoms with Gasteiger partial charge in [0.25, 0.3) is 0 Å². The van der Waals surface area contributed by atoms with Gasteiger partial charge in [0.2, 0.25) is 5.91 Å². The number of morpholine rings is 1. The number of fused-ring (bicyclic) bond motifs is 1. The lowest BCUT2D eigenvalue weighted by molar-refractivity contribution is -0.158. The van der Waals surface area contributed by atoms with Crippen LogP contribution in [0.5, 0.6) is 11.5 Å². The third kappa shape index (κ3) is 3.42. The van der Waals surface area contributed by atoms with Crippen molar-refractivity contribution >= 4 is 27.8 Å². The minimum absolute atomic E-state index is 0.0172. The zero-order valence-electron chi connectivity index (χ0n) is 12.3. The molecule has 0 aliphatic carbocycles. The number of carboxylic acids is 1. The van der Waals surface area contributed by atoms with Crippen molar-refractivity contribution in [2.24, 2.45) is 0 Å². The molecule has 3 rings (SSSR count). The molecule has 2 aliphatic rings. The normalized spacial score (nSPS) is 20.2. The van der Waals surface area contributed by atoms with Crippen molar-refractivity contribution in [3.8, 4) is 11.5 Å². The van der Waals surface area contributed by atoms with E-state index in [0.29, 0.717) is 31.3 Å². The number of hydrogen-bond acceptors (Lipinski definition) is 5. The van der Waals surface area contributed by atoms with Crippen molar-refractivity contribution in [2.75, 3.05) is 33.0 Å². The highest BCUT2D eigenvalue weighted by molar-refractivity contribution is 9.10. The van der Waals surface area contributed by atoms with Crippen LogP contribution >= 0.6 is 15.9 Å². The summed E-state index contributed by atoms with van der Waals surface area (Å²) in [4.78, 5) is 25.1. The first kappa shape index (κ1) is 16.1. The van der Waals surface area contributed by atoms with E-state index >= 15 is 0 Å². The fourth-order valence-electron chi connectivity index (χ4n) is 2.61. The molecule has 0 bridgehead atoms. The summed E-state index contributed by atoms with van der Waals surface area (Å²) in [6, 6.07) is 2.59. The molecule has 7 nitrogen and oxygen atoms in total. The number of hydrogen-bond donors (Lipinski definition) is 1. The Morgan fingerprint density at radius 1 is 1.22 bits per heavy atom. The predicted molar refractivity (Wildman–Crippen MR) is 82.8 cm³/mol. The topological polar surface area (TPSA) is 85.3 Å². The number of ether oxygens (including phenoxy) is 3. The molecule has 1 unspecified atom stereocenters. The molecule has 1 aromatic carbocycles. The quantitative estimate of drug-likeness (QED) is 0.837. The second-order valence-electron chi connectivity index (χ2n) is 5.28. The second kappa shape index (κ2) is 6.76. The molecule has 1 aromatic rings. The minimum atomic E-state index is -1.06. The van der Waals surface area contributed by atoms with Crippen LogP contribution in [0.25, 0.3) is 0 Å². The molecule has 23 heavy (non-hydrogen) atoms. The van der Waals surface area contributed by atoms with Crippen LogP contribution in [0.3, 0.4) is 0 Å². The van der Waals surface area contributed by atoms with Crippen molar-refractivity contribution in [3.63, 3.8) is 0 Å². The first-order valence-corrected chi connectivity index (χ1v) is 8.03. The number of nitrogens with zero attached hydrogens (tertiary/aromatic N) is 1. The number of carbonyl (C=O) groups is 2. The van der Waals surface area contributed by atoms with E-state index in [-0.39, 0.29) is 25.5 Å². The van der Waals surface area contributed by atoms with Gasteiger partial charge in [-0.1, -0.05) is 15.9 Å². The predicted octanol–water partition coefficient (Wildman–Crippen LogP) is 1.07. The first-order valence-electron chi connectivity index (χ1n) is 7.24. The summed E-state index contributed by atoms with van der Waals surface area (Å²) in [5.74, 6) is -0.0783. The highest BCUT2D eigenvalue weighted by atomic mass is 79.9. The molecule has 1 N–H and O–H groups in total. The molecular weight excluding hydrogens is 370 g/mol. The van der Waals surface area contributed by atoms with Gasteiger partial charge < -0.3 is 24.2 Å². The smallest absolute Gasteiger partial charge is 0.328 e. The maximum Gasteiger partial charge on any atom is 0.328 e. The van der Waals surface area contributed by atoms with E-state index < -0.39 is 12.0 Å². The van der Waals surface area contributed by atoms with Gasteiger partial charge in [0.15, 0.2) is 17.5 Å². The van der Waals surface area contributed by atoms with Crippen molar-refractivity contribution in [2.45, 2.75) is 12.5 Å². The van der Waals surface area contributed by atoms with Crippen LogP contribution in [0, 0.1) is 0 Å². The van der Waals surface area contributed by atoms with Gasteiger partial charge in [0, 0.05) is 11.0 Å². The SMILES string of the molecule is O=C(O)C1COCCN1C(=O)Cc1cc2c(cc1Br)OCCO2. The molecule has 1 amide bonds. The summed E-state index contributed by atoms with van der Waals surface area (Å²) in [6.45, 7) is 1.59. The largest absolute Gasteiger partial charge is 0.486 e. The van der Waals surface area contributed by atoms with Gasteiger partial charge in [0.05, 0.1) is 19.6 Å². The van der Waals surface area contributed by atoms with Crippen molar-refractivity contribution < 1.29 is 28.9 Å². The van der Waals surface area contributed by atoms with E-state index in [1.54, 1.807) is 12.1 Å². The Balaban J connectivity index is 1.78. The van der Waals surface area contributed by atoms with Crippen molar-refractivity contribution in [1.82, 2.24) is 4.90 Å². The average molecular weight is 386 g/mol. The summed E-state index contributed by atoms with van der Waals surface area (Å²) in [6.07, 6.45) is 0.0843. The third-order valence-corrected chi connectivity index (χ3v) is 4.52. The zero-order valence-corrected chi connectivity index (χ0v) is 13.9. The van der Waals surface area contributed by atoms with E-state index in [0.717, 1.165) is 10.0 Å². The molecule has 0 radical (unpaired) electrons. The van der Waals surface area contributed by atoms with E-state index in [4.69, 9.17) is 14.2 Å². The van der Waals surface area contributed by atoms with E-state index in [2.05, 4.69) is 15.9 Å². The standard InChI is InChI=1S/C15H16BrNO6/c16-10-7-13-12(22-3-4-23-13)5-9(10)6-14(18)17-1-2-21-8-11(17)15(19)20/h5,7,11H,1-4,6,8H2,(H,19,20). The van der Waals surface area contributed by atoms with Crippen molar-refractivity contribution in [1.29, 1.82) is 0 Å². The average Bonchev–Trinajstić information content (AvgIpc) is 2.55. The summed E-state index contributed by atoms with van der Waals surface area (Å²) >= 11 is 3.42. The van der Waals surface area contributed by atoms with Gasteiger partial charge in [-0.3, -0.25) is 4.79 Å². The minimum Gasteiger partial charge on any atom is -0.486 e. The van der Waals surface area contributed by atoms with Crippen LogP contribution in [-0.2, 0) is 20.7 Å². The number of aliphatic carboxylic acids is 1. The van der Waals surface area contributed by atoms with E-state index in [9.17, 15) is 14.7 Å². The molecule has 1 atom stereocenters. The maximum absolute atomic E-state index is 12.5. The number of benzene rings is 1. The Bertz CT molecular complexity index is 635. The summed E-state index contributed by atoms with van der Waals surface area (Å²) in [7, 11) is 0. The fourth-order valence-corrected chi connectivity index (χ4v) is 3.08. The van der Waals surface area contributed by atoms with E-state index in [1.165, 1.54) is 4.90 Å². The summed E-state index contributed by atoms with van der Waals surface area (Å²) in [5.41, 5.74) is 0.731. The Kier molecular flexibility index (Phi) is 4.72. The third-order valence-electron chi connectivity index (χ3n) is 3.79. The fraction of sp³-hybridized carbons (Fsp3) is 0.467. The second-order valence-corrected chi connectivity index (χ2v) is 6.13. The molecule has 2 heterocycles. The Morgan fingerprint density at radius 2 is 1.91 bits per heavy atom. The number of rotatable bonds is 3.